The van der Waals surface area contributed by atoms with Crippen LogP contribution in [0.3, 0.4) is 0 Å². The standard InChI is InChI=1S/C20H24FN3S2/c1-14-11-22-24(12-14)10-7-16-13-23(9-8-19(16)26)20(15(2)25)17-5-3-4-6-18(17)21/h3-7,11-12,19-20,25-26H,2,8-10,13H2,1H3/b16-7+. The van der Waals surface area contributed by atoms with Gasteiger partial charge in [0.05, 0.1) is 18.8 Å². The molecular weight excluding hydrogens is 365 g/mol. The molecule has 0 aliphatic carbocycles. The van der Waals surface area contributed by atoms with Gasteiger partial charge < -0.3 is 0 Å². The number of piperidine rings is 1. The number of hydrogen-bond acceptors (Lipinski definition) is 4. The third kappa shape index (κ3) is 4.42. The van der Waals surface area contributed by atoms with Gasteiger partial charge in [-0.25, -0.2) is 4.39 Å². The van der Waals surface area contributed by atoms with Crippen molar-refractivity contribution in [1.29, 1.82) is 0 Å². The summed E-state index contributed by atoms with van der Waals surface area (Å²) in [7, 11) is 0. The first-order valence-electron chi connectivity index (χ1n) is 8.68. The number of rotatable bonds is 5. The normalized spacial score (nSPS) is 21.1. The molecule has 26 heavy (non-hydrogen) atoms. The van der Waals surface area contributed by atoms with Crippen LogP contribution >= 0.6 is 25.3 Å². The first-order valence-corrected chi connectivity index (χ1v) is 9.64. The molecule has 0 N–H and O–H groups in total. The van der Waals surface area contributed by atoms with Crippen LogP contribution in [0.15, 0.2) is 59.8 Å². The fourth-order valence-corrected chi connectivity index (χ4v) is 3.98. The number of thiol groups is 2. The van der Waals surface area contributed by atoms with E-state index in [1.807, 2.05) is 36.1 Å². The van der Waals surface area contributed by atoms with Crippen LogP contribution < -0.4 is 0 Å². The van der Waals surface area contributed by atoms with Crippen LogP contribution in [-0.4, -0.2) is 33.0 Å². The molecule has 0 bridgehead atoms. The summed E-state index contributed by atoms with van der Waals surface area (Å²) in [5, 5.41) is 4.53. The van der Waals surface area contributed by atoms with Gasteiger partial charge in [-0.1, -0.05) is 30.9 Å². The van der Waals surface area contributed by atoms with Gasteiger partial charge in [-0.15, -0.1) is 12.6 Å². The fourth-order valence-electron chi connectivity index (χ4n) is 3.37. The van der Waals surface area contributed by atoms with Gasteiger partial charge in [-0.3, -0.25) is 9.58 Å². The molecule has 1 aliphatic heterocycles. The highest BCUT2D eigenvalue weighted by atomic mass is 32.1. The van der Waals surface area contributed by atoms with Crippen molar-refractivity contribution >= 4 is 25.3 Å². The summed E-state index contributed by atoms with van der Waals surface area (Å²) in [6.07, 6.45) is 6.95. The lowest BCUT2D eigenvalue weighted by Crippen LogP contribution is -2.39. The van der Waals surface area contributed by atoms with Gasteiger partial charge in [0.1, 0.15) is 5.82 Å². The molecule has 1 aromatic carbocycles. The summed E-state index contributed by atoms with van der Waals surface area (Å²) in [5.74, 6) is -0.224. The smallest absolute Gasteiger partial charge is 0.128 e. The summed E-state index contributed by atoms with van der Waals surface area (Å²) in [5.41, 5.74) is 2.98. The van der Waals surface area contributed by atoms with Crippen LogP contribution in [0.25, 0.3) is 0 Å². The fraction of sp³-hybridized carbons (Fsp3) is 0.350. The molecule has 6 heteroatoms. The van der Waals surface area contributed by atoms with Crippen molar-refractivity contribution in [3.05, 3.63) is 76.7 Å². The average Bonchev–Trinajstić information content (AvgIpc) is 3.02. The molecule has 2 heterocycles. The number of aryl methyl sites for hydroxylation is 1. The highest BCUT2D eigenvalue weighted by Crippen LogP contribution is 2.35. The van der Waals surface area contributed by atoms with Gasteiger partial charge in [-0.05, 0) is 35.5 Å². The summed E-state index contributed by atoms with van der Waals surface area (Å²) in [6, 6.07) is 6.60. The van der Waals surface area contributed by atoms with Crippen molar-refractivity contribution in [2.45, 2.75) is 31.2 Å². The van der Waals surface area contributed by atoms with Crippen LogP contribution in [0.2, 0.25) is 0 Å². The second-order valence-corrected chi connectivity index (χ2v) is 7.91. The van der Waals surface area contributed by atoms with Gasteiger partial charge >= 0.3 is 0 Å². The Labute approximate surface area is 165 Å². The molecule has 2 atom stereocenters. The van der Waals surface area contributed by atoms with Crippen molar-refractivity contribution in [1.82, 2.24) is 14.7 Å². The zero-order chi connectivity index (χ0) is 18.7. The average molecular weight is 390 g/mol. The second kappa shape index (κ2) is 8.46. The molecule has 0 saturated carbocycles. The maximum atomic E-state index is 14.4. The summed E-state index contributed by atoms with van der Waals surface area (Å²) in [4.78, 5) is 2.87. The topological polar surface area (TPSA) is 21.1 Å². The molecule has 0 spiro atoms. The monoisotopic (exact) mass is 389 g/mol. The largest absolute Gasteiger partial charge is 0.288 e. The van der Waals surface area contributed by atoms with Crippen molar-refractivity contribution in [3.63, 3.8) is 0 Å². The number of benzene rings is 1. The predicted octanol–water partition coefficient (Wildman–Crippen LogP) is 4.45. The Morgan fingerprint density at radius 1 is 1.46 bits per heavy atom. The van der Waals surface area contributed by atoms with Crippen molar-refractivity contribution < 1.29 is 4.39 Å². The van der Waals surface area contributed by atoms with E-state index in [4.69, 9.17) is 12.6 Å². The number of halogens is 1. The minimum atomic E-state index is -0.254. The van der Waals surface area contributed by atoms with Crippen LogP contribution in [0, 0.1) is 12.7 Å². The molecule has 1 saturated heterocycles. The minimum Gasteiger partial charge on any atom is -0.288 e. The van der Waals surface area contributed by atoms with Crippen molar-refractivity contribution in [2.75, 3.05) is 13.1 Å². The Balaban J connectivity index is 1.81. The molecule has 2 aromatic rings. The van der Waals surface area contributed by atoms with E-state index in [-0.39, 0.29) is 17.1 Å². The van der Waals surface area contributed by atoms with E-state index in [0.717, 1.165) is 18.5 Å². The van der Waals surface area contributed by atoms with Gasteiger partial charge in [0.15, 0.2) is 0 Å². The van der Waals surface area contributed by atoms with E-state index < -0.39 is 0 Å². The Morgan fingerprint density at radius 2 is 2.23 bits per heavy atom. The van der Waals surface area contributed by atoms with Gasteiger partial charge in [0, 0.05) is 30.1 Å². The molecule has 1 aromatic heterocycles. The maximum Gasteiger partial charge on any atom is 0.128 e. The molecule has 0 radical (unpaired) electrons. The van der Waals surface area contributed by atoms with Crippen molar-refractivity contribution in [2.24, 2.45) is 0 Å². The second-order valence-electron chi connectivity index (χ2n) is 6.71. The zero-order valence-corrected chi connectivity index (χ0v) is 16.6. The lowest BCUT2D eigenvalue weighted by Gasteiger charge is -2.38. The molecule has 1 fully saturated rings. The molecule has 138 valence electrons. The minimum absolute atomic E-state index is 0.206. The van der Waals surface area contributed by atoms with Gasteiger partial charge in [0.2, 0.25) is 0 Å². The van der Waals surface area contributed by atoms with E-state index in [9.17, 15) is 4.39 Å². The van der Waals surface area contributed by atoms with Gasteiger partial charge in [-0.2, -0.15) is 17.7 Å². The maximum absolute atomic E-state index is 14.4. The molecule has 3 nitrogen and oxygen atoms in total. The quantitative estimate of drug-likeness (QED) is 0.582. The number of nitrogens with zero attached hydrogens (tertiary/aromatic N) is 3. The Morgan fingerprint density at radius 3 is 2.88 bits per heavy atom. The third-order valence-electron chi connectivity index (χ3n) is 4.69. The van der Waals surface area contributed by atoms with Crippen LogP contribution in [0.5, 0.6) is 0 Å². The lowest BCUT2D eigenvalue weighted by atomic mass is 9.97. The summed E-state index contributed by atoms with van der Waals surface area (Å²) < 4.78 is 16.3. The van der Waals surface area contributed by atoms with Crippen LogP contribution in [0.4, 0.5) is 4.39 Å². The highest BCUT2D eigenvalue weighted by Gasteiger charge is 2.29. The lowest BCUT2D eigenvalue weighted by molar-refractivity contribution is 0.221. The Bertz CT molecular complexity index is 815. The molecule has 1 aliphatic rings. The number of likely N-dealkylation sites (tertiary alicyclic amines) is 1. The van der Waals surface area contributed by atoms with E-state index in [2.05, 4.69) is 35.3 Å². The Hall–Kier alpha value is -1.50. The van der Waals surface area contributed by atoms with Crippen LogP contribution in [0.1, 0.15) is 23.6 Å². The number of allylic oxidation sites excluding steroid dienone is 1. The third-order valence-corrected chi connectivity index (χ3v) is 5.52. The van der Waals surface area contributed by atoms with E-state index in [0.29, 0.717) is 23.6 Å². The summed E-state index contributed by atoms with van der Waals surface area (Å²) >= 11 is 9.21. The summed E-state index contributed by atoms with van der Waals surface area (Å²) in [6.45, 7) is 8.27. The molecule has 2 unspecified atom stereocenters. The first kappa shape index (κ1) is 19.3. The SMILES string of the molecule is C=C(S)C(c1ccccc1F)N1CCC(S)/C(=C/Cn2cc(C)cn2)C1. The van der Waals surface area contributed by atoms with E-state index in [1.165, 1.54) is 11.6 Å². The van der Waals surface area contributed by atoms with Crippen LogP contribution in [-0.2, 0) is 6.54 Å². The zero-order valence-electron chi connectivity index (χ0n) is 14.8. The highest BCUT2D eigenvalue weighted by molar-refractivity contribution is 7.84. The Kier molecular flexibility index (Phi) is 6.27. The van der Waals surface area contributed by atoms with Gasteiger partial charge in [0.25, 0.3) is 0 Å². The molecule has 3 rings (SSSR count). The van der Waals surface area contributed by atoms with Crippen molar-refractivity contribution in [3.8, 4) is 0 Å². The van der Waals surface area contributed by atoms with E-state index >= 15 is 0 Å². The molecule has 0 amide bonds. The number of hydrogen-bond donors (Lipinski definition) is 2. The number of aromatic nitrogens is 2. The van der Waals surface area contributed by atoms with E-state index in [1.54, 1.807) is 6.07 Å². The first-order chi connectivity index (χ1) is 12.5. The predicted molar refractivity (Wildman–Crippen MR) is 111 cm³/mol. The molecular formula is C20H24FN3S2.